The van der Waals surface area contributed by atoms with Crippen molar-refractivity contribution in [2.24, 2.45) is 5.92 Å². The molecule has 0 bridgehead atoms. The minimum absolute atomic E-state index is 0.178. The van der Waals surface area contributed by atoms with Crippen LogP contribution in [0.15, 0.2) is 18.2 Å². The molecule has 146 valence electrons. The molecule has 0 saturated carbocycles. The zero-order chi connectivity index (χ0) is 19.9. The van der Waals surface area contributed by atoms with Crippen molar-refractivity contribution in [3.8, 4) is 5.75 Å². The van der Waals surface area contributed by atoms with Crippen molar-refractivity contribution < 1.29 is 36.6 Å². The third-order valence-electron chi connectivity index (χ3n) is 3.37. The molecule has 1 aromatic carbocycles. The van der Waals surface area contributed by atoms with E-state index < -0.39 is 41.4 Å². The van der Waals surface area contributed by atoms with Gasteiger partial charge in [-0.3, -0.25) is 4.79 Å². The van der Waals surface area contributed by atoms with Crippen molar-refractivity contribution in [1.29, 1.82) is 0 Å². The summed E-state index contributed by atoms with van der Waals surface area (Å²) in [6.45, 7) is 5.38. The Morgan fingerprint density at radius 2 is 1.88 bits per heavy atom. The molecular formula is C17H21F4NO4. The normalized spacial score (nSPS) is 12.6. The average Bonchev–Trinajstić information content (AvgIpc) is 2.52. The van der Waals surface area contributed by atoms with Gasteiger partial charge >= 0.3 is 12.3 Å². The quantitative estimate of drug-likeness (QED) is 0.424. The summed E-state index contributed by atoms with van der Waals surface area (Å²) in [4.78, 5) is 24.3. The van der Waals surface area contributed by atoms with E-state index in [-0.39, 0.29) is 12.5 Å². The molecule has 0 saturated heterocycles. The van der Waals surface area contributed by atoms with Crippen LogP contribution in [0.25, 0.3) is 0 Å². The van der Waals surface area contributed by atoms with Crippen molar-refractivity contribution in [2.45, 2.75) is 46.0 Å². The van der Waals surface area contributed by atoms with Crippen LogP contribution in [-0.4, -0.2) is 30.9 Å². The highest BCUT2D eigenvalue weighted by Gasteiger charge is 2.32. The van der Waals surface area contributed by atoms with E-state index in [1.807, 2.05) is 6.92 Å². The molecule has 1 aromatic rings. The zero-order valence-corrected chi connectivity index (χ0v) is 14.7. The minimum atomic E-state index is -4.98. The molecule has 0 spiro atoms. The van der Waals surface area contributed by atoms with Gasteiger partial charge in [-0.15, -0.1) is 13.2 Å². The number of unbranched alkanes of at least 4 members (excludes halogenated alkanes) is 1. The van der Waals surface area contributed by atoms with Crippen LogP contribution in [-0.2, 0) is 9.53 Å². The Kier molecular flexibility index (Phi) is 7.85. The van der Waals surface area contributed by atoms with Crippen LogP contribution in [0.2, 0.25) is 0 Å². The Morgan fingerprint density at radius 1 is 1.23 bits per heavy atom. The zero-order valence-electron chi connectivity index (χ0n) is 14.7. The SMILES string of the molecule is CCCCOC(=O)[C@H](NC(=O)c1cc(OC(F)(F)F)ccc1F)C(C)C. The molecule has 1 N–H and O–H groups in total. The van der Waals surface area contributed by atoms with Crippen LogP contribution in [0, 0.1) is 11.7 Å². The Balaban J connectivity index is 2.92. The van der Waals surface area contributed by atoms with Gasteiger partial charge in [-0.2, -0.15) is 0 Å². The van der Waals surface area contributed by atoms with Crippen molar-refractivity contribution in [3.63, 3.8) is 0 Å². The summed E-state index contributed by atoms with van der Waals surface area (Å²) in [5, 5.41) is 2.30. The maximum Gasteiger partial charge on any atom is 0.573 e. The molecule has 0 aliphatic heterocycles. The van der Waals surface area contributed by atoms with Crippen LogP contribution in [0.5, 0.6) is 5.75 Å². The number of carbonyl (C=O) groups is 2. The largest absolute Gasteiger partial charge is 0.573 e. The molecule has 0 aliphatic rings. The number of nitrogens with one attached hydrogen (secondary N) is 1. The maximum absolute atomic E-state index is 13.8. The molecule has 1 rings (SSSR count). The summed E-state index contributed by atoms with van der Waals surface area (Å²) >= 11 is 0. The highest BCUT2D eigenvalue weighted by atomic mass is 19.4. The average molecular weight is 379 g/mol. The second-order valence-corrected chi connectivity index (χ2v) is 5.91. The topological polar surface area (TPSA) is 64.6 Å². The van der Waals surface area contributed by atoms with E-state index in [1.165, 1.54) is 0 Å². The van der Waals surface area contributed by atoms with Gasteiger partial charge in [0.05, 0.1) is 12.2 Å². The van der Waals surface area contributed by atoms with Gasteiger partial charge in [0.25, 0.3) is 5.91 Å². The van der Waals surface area contributed by atoms with Crippen molar-refractivity contribution in [2.75, 3.05) is 6.61 Å². The molecule has 9 heteroatoms. The van der Waals surface area contributed by atoms with Gasteiger partial charge < -0.3 is 14.8 Å². The second kappa shape index (κ2) is 9.40. The van der Waals surface area contributed by atoms with E-state index in [0.717, 1.165) is 12.5 Å². The lowest BCUT2D eigenvalue weighted by Gasteiger charge is -2.21. The minimum Gasteiger partial charge on any atom is -0.464 e. The number of ether oxygens (including phenoxy) is 2. The summed E-state index contributed by atoms with van der Waals surface area (Å²) in [6.07, 6.45) is -3.52. The highest BCUT2D eigenvalue weighted by molar-refractivity contribution is 5.97. The van der Waals surface area contributed by atoms with Gasteiger partial charge in [0.2, 0.25) is 0 Å². The smallest absolute Gasteiger partial charge is 0.464 e. The molecule has 0 unspecified atom stereocenters. The molecular weight excluding hydrogens is 358 g/mol. The van der Waals surface area contributed by atoms with Gasteiger partial charge in [-0.1, -0.05) is 27.2 Å². The number of esters is 1. The number of amides is 1. The fourth-order valence-electron chi connectivity index (χ4n) is 2.00. The molecule has 1 amide bonds. The van der Waals surface area contributed by atoms with Gasteiger partial charge in [0.1, 0.15) is 17.6 Å². The molecule has 0 heterocycles. The van der Waals surface area contributed by atoms with Crippen LogP contribution < -0.4 is 10.1 Å². The number of rotatable bonds is 8. The first-order chi connectivity index (χ1) is 12.0. The van der Waals surface area contributed by atoms with Crippen molar-refractivity contribution in [3.05, 3.63) is 29.6 Å². The second-order valence-electron chi connectivity index (χ2n) is 5.91. The summed E-state index contributed by atoms with van der Waals surface area (Å²) in [6, 6.07) is 0.988. The molecule has 0 radical (unpaired) electrons. The lowest BCUT2D eigenvalue weighted by molar-refractivity contribution is -0.274. The lowest BCUT2D eigenvalue weighted by atomic mass is 10.0. The molecule has 0 fully saturated rings. The predicted molar refractivity (Wildman–Crippen MR) is 85.0 cm³/mol. The summed E-state index contributed by atoms with van der Waals surface area (Å²) in [7, 11) is 0. The maximum atomic E-state index is 13.8. The number of benzene rings is 1. The molecule has 0 aromatic heterocycles. The van der Waals surface area contributed by atoms with Gasteiger partial charge in [-0.25, -0.2) is 9.18 Å². The lowest BCUT2D eigenvalue weighted by Crippen LogP contribution is -2.45. The number of hydrogen-bond acceptors (Lipinski definition) is 4. The van der Waals surface area contributed by atoms with E-state index in [4.69, 9.17) is 4.74 Å². The van der Waals surface area contributed by atoms with E-state index >= 15 is 0 Å². The van der Waals surface area contributed by atoms with E-state index in [9.17, 15) is 27.2 Å². The number of hydrogen-bond donors (Lipinski definition) is 1. The number of carbonyl (C=O) groups excluding carboxylic acids is 2. The standard InChI is InChI=1S/C17H21F4NO4/c1-4-5-8-25-16(24)14(10(2)3)22-15(23)12-9-11(6-7-13(12)18)26-17(19,20)21/h6-7,9-10,14H,4-5,8H2,1-3H3,(H,22,23)/t14-/m1/s1. The Hall–Kier alpha value is -2.32. The van der Waals surface area contributed by atoms with Crippen LogP contribution in [0.4, 0.5) is 17.6 Å². The Bertz CT molecular complexity index is 632. The van der Waals surface area contributed by atoms with E-state index in [0.29, 0.717) is 18.6 Å². The fraction of sp³-hybridized carbons (Fsp3) is 0.529. The van der Waals surface area contributed by atoms with Crippen LogP contribution in [0.1, 0.15) is 44.0 Å². The Morgan fingerprint density at radius 3 is 2.42 bits per heavy atom. The third-order valence-corrected chi connectivity index (χ3v) is 3.37. The monoisotopic (exact) mass is 379 g/mol. The molecule has 0 aliphatic carbocycles. The summed E-state index contributed by atoms with van der Waals surface area (Å²) in [5.41, 5.74) is -0.668. The molecule has 1 atom stereocenters. The summed E-state index contributed by atoms with van der Waals surface area (Å²) < 4.78 is 59.4. The molecule has 5 nitrogen and oxygen atoms in total. The van der Waals surface area contributed by atoms with Gasteiger partial charge in [0, 0.05) is 0 Å². The number of alkyl halides is 3. The third kappa shape index (κ3) is 6.89. The van der Waals surface area contributed by atoms with Crippen LogP contribution >= 0.6 is 0 Å². The van der Waals surface area contributed by atoms with Gasteiger partial charge in [-0.05, 0) is 30.5 Å². The van der Waals surface area contributed by atoms with E-state index in [2.05, 4.69) is 10.1 Å². The van der Waals surface area contributed by atoms with Crippen LogP contribution in [0.3, 0.4) is 0 Å². The highest BCUT2D eigenvalue weighted by Crippen LogP contribution is 2.25. The fourth-order valence-corrected chi connectivity index (χ4v) is 2.00. The molecule has 26 heavy (non-hydrogen) atoms. The predicted octanol–water partition coefficient (Wildman–Crippen LogP) is 3.82. The first kappa shape index (κ1) is 21.7. The summed E-state index contributed by atoms with van der Waals surface area (Å²) in [5.74, 6) is -3.88. The number of halogens is 4. The first-order valence-electron chi connectivity index (χ1n) is 8.08. The van der Waals surface area contributed by atoms with Gasteiger partial charge in [0.15, 0.2) is 0 Å². The first-order valence-corrected chi connectivity index (χ1v) is 8.08. The van der Waals surface area contributed by atoms with Crippen molar-refractivity contribution >= 4 is 11.9 Å². The van der Waals surface area contributed by atoms with E-state index in [1.54, 1.807) is 13.8 Å². The van der Waals surface area contributed by atoms with Crippen molar-refractivity contribution in [1.82, 2.24) is 5.32 Å². The Labute approximate surface area is 148 Å².